The van der Waals surface area contributed by atoms with Crippen LogP contribution in [0.3, 0.4) is 0 Å². The first kappa shape index (κ1) is 14.3. The van der Waals surface area contributed by atoms with Gasteiger partial charge in [-0.05, 0) is 38.0 Å². The average molecular weight is 241 g/mol. The first-order valence-corrected chi connectivity index (χ1v) is 6.54. The molecule has 0 aromatic heterocycles. The Morgan fingerprint density at radius 3 is 2.29 bits per heavy atom. The van der Waals surface area contributed by atoms with Crippen molar-refractivity contribution in [2.75, 3.05) is 13.1 Å². The summed E-state index contributed by atoms with van der Waals surface area (Å²) in [5, 5.41) is 0. The Labute approximate surface area is 106 Å². The number of hydrogen-bond donors (Lipinski definition) is 0. The number of hydrogen-bond acceptors (Lipinski definition) is 2. The van der Waals surface area contributed by atoms with Crippen molar-refractivity contribution in [3.63, 3.8) is 0 Å². The van der Waals surface area contributed by atoms with Crippen molar-refractivity contribution in [2.24, 2.45) is 17.3 Å². The van der Waals surface area contributed by atoms with Gasteiger partial charge in [-0.25, -0.2) is 4.79 Å². The fourth-order valence-corrected chi connectivity index (χ4v) is 2.39. The maximum Gasteiger partial charge on any atom is 0.410 e. The summed E-state index contributed by atoms with van der Waals surface area (Å²) in [7, 11) is 0. The molecule has 1 heterocycles. The smallest absolute Gasteiger partial charge is 0.410 e. The van der Waals surface area contributed by atoms with E-state index in [2.05, 4.69) is 27.7 Å². The molecule has 1 amide bonds. The van der Waals surface area contributed by atoms with Gasteiger partial charge in [0, 0.05) is 13.1 Å². The minimum absolute atomic E-state index is 0.172. The van der Waals surface area contributed by atoms with Crippen LogP contribution in [-0.4, -0.2) is 29.7 Å². The largest absolute Gasteiger partial charge is 0.444 e. The van der Waals surface area contributed by atoms with Crippen molar-refractivity contribution in [3.05, 3.63) is 0 Å². The normalized spacial score (nSPS) is 29.9. The summed E-state index contributed by atoms with van der Waals surface area (Å²) in [6, 6.07) is 0. The van der Waals surface area contributed by atoms with E-state index < -0.39 is 5.60 Å². The van der Waals surface area contributed by atoms with Gasteiger partial charge in [-0.15, -0.1) is 0 Å². The van der Waals surface area contributed by atoms with Gasteiger partial charge in [-0.2, -0.15) is 0 Å². The molecular formula is C14H27NO2. The fourth-order valence-electron chi connectivity index (χ4n) is 2.39. The summed E-state index contributed by atoms with van der Waals surface area (Å²) in [6.45, 7) is 16.3. The van der Waals surface area contributed by atoms with Crippen molar-refractivity contribution in [1.29, 1.82) is 0 Å². The lowest BCUT2D eigenvalue weighted by atomic mass is 9.72. The molecule has 100 valence electrons. The fraction of sp³-hybridized carbons (Fsp3) is 0.929. The van der Waals surface area contributed by atoms with Crippen molar-refractivity contribution >= 4 is 6.09 Å². The first-order chi connectivity index (χ1) is 7.56. The Balaban J connectivity index is 2.69. The number of rotatable bonds is 1. The van der Waals surface area contributed by atoms with Crippen molar-refractivity contribution in [2.45, 2.75) is 54.1 Å². The Morgan fingerprint density at radius 1 is 1.41 bits per heavy atom. The van der Waals surface area contributed by atoms with Crippen LogP contribution >= 0.6 is 0 Å². The molecule has 17 heavy (non-hydrogen) atoms. The van der Waals surface area contributed by atoms with Gasteiger partial charge in [0.15, 0.2) is 0 Å². The van der Waals surface area contributed by atoms with E-state index in [0.29, 0.717) is 11.8 Å². The van der Waals surface area contributed by atoms with Crippen LogP contribution in [0.4, 0.5) is 4.79 Å². The quantitative estimate of drug-likeness (QED) is 0.703. The van der Waals surface area contributed by atoms with Crippen LogP contribution in [0.2, 0.25) is 0 Å². The number of carbonyl (C=O) groups excluding carboxylic acids is 1. The molecule has 0 bridgehead atoms. The van der Waals surface area contributed by atoms with Gasteiger partial charge in [-0.3, -0.25) is 0 Å². The monoisotopic (exact) mass is 241 g/mol. The molecule has 1 fully saturated rings. The number of amides is 1. The van der Waals surface area contributed by atoms with E-state index in [1.54, 1.807) is 0 Å². The lowest BCUT2D eigenvalue weighted by Gasteiger charge is -2.32. The van der Waals surface area contributed by atoms with E-state index in [9.17, 15) is 4.79 Å². The molecule has 1 aliphatic heterocycles. The lowest BCUT2D eigenvalue weighted by molar-refractivity contribution is 0.0266. The maximum atomic E-state index is 12.0. The molecule has 2 atom stereocenters. The van der Waals surface area contributed by atoms with Crippen LogP contribution in [0.25, 0.3) is 0 Å². The highest BCUT2D eigenvalue weighted by Crippen LogP contribution is 2.42. The molecular weight excluding hydrogens is 214 g/mol. The molecule has 0 unspecified atom stereocenters. The Bertz CT molecular complexity index is 293. The number of nitrogens with zero attached hydrogens (tertiary/aromatic N) is 1. The minimum atomic E-state index is -0.406. The predicted molar refractivity (Wildman–Crippen MR) is 69.9 cm³/mol. The number of carbonyl (C=O) groups is 1. The summed E-state index contributed by atoms with van der Waals surface area (Å²) in [5.74, 6) is 1.10. The zero-order valence-corrected chi connectivity index (χ0v) is 12.3. The van der Waals surface area contributed by atoms with Crippen molar-refractivity contribution in [1.82, 2.24) is 4.90 Å². The predicted octanol–water partition coefficient (Wildman–Crippen LogP) is 3.54. The van der Waals surface area contributed by atoms with E-state index >= 15 is 0 Å². The van der Waals surface area contributed by atoms with Gasteiger partial charge in [0.1, 0.15) is 5.60 Å². The van der Waals surface area contributed by atoms with Gasteiger partial charge >= 0.3 is 6.09 Å². The van der Waals surface area contributed by atoms with E-state index in [0.717, 1.165) is 13.1 Å². The SMILES string of the molecule is CC(C)[C@]1(C)CN(C(=O)OC(C)(C)C)C[C@H]1C. The molecule has 1 saturated heterocycles. The van der Waals surface area contributed by atoms with E-state index in [1.807, 2.05) is 25.7 Å². The minimum Gasteiger partial charge on any atom is -0.444 e. The third kappa shape index (κ3) is 3.14. The molecule has 0 aromatic carbocycles. The molecule has 0 aromatic rings. The van der Waals surface area contributed by atoms with Gasteiger partial charge in [0.05, 0.1) is 0 Å². The van der Waals surface area contributed by atoms with Crippen LogP contribution in [0, 0.1) is 17.3 Å². The Kier molecular flexibility index (Phi) is 3.80. The second-order valence-electron chi connectivity index (χ2n) is 6.92. The van der Waals surface area contributed by atoms with Crippen LogP contribution in [0.1, 0.15) is 48.5 Å². The highest BCUT2D eigenvalue weighted by molar-refractivity contribution is 5.68. The molecule has 1 aliphatic rings. The van der Waals surface area contributed by atoms with Crippen LogP contribution in [0.15, 0.2) is 0 Å². The molecule has 0 radical (unpaired) electrons. The van der Waals surface area contributed by atoms with Gasteiger partial charge in [-0.1, -0.05) is 27.7 Å². The summed E-state index contributed by atoms with van der Waals surface area (Å²) in [6.07, 6.45) is -0.172. The Hall–Kier alpha value is -0.730. The first-order valence-electron chi connectivity index (χ1n) is 6.54. The highest BCUT2D eigenvalue weighted by atomic mass is 16.6. The zero-order chi connectivity index (χ0) is 13.4. The van der Waals surface area contributed by atoms with E-state index in [4.69, 9.17) is 4.74 Å². The number of likely N-dealkylation sites (tertiary alicyclic amines) is 1. The van der Waals surface area contributed by atoms with Crippen molar-refractivity contribution < 1.29 is 9.53 Å². The maximum absolute atomic E-state index is 12.0. The molecule has 0 spiro atoms. The van der Waals surface area contributed by atoms with Crippen LogP contribution in [0.5, 0.6) is 0 Å². The molecule has 0 aliphatic carbocycles. The third-order valence-electron chi connectivity index (χ3n) is 4.12. The second-order valence-corrected chi connectivity index (χ2v) is 6.92. The summed E-state index contributed by atoms with van der Waals surface area (Å²) in [5.41, 5.74) is -0.200. The third-order valence-corrected chi connectivity index (χ3v) is 4.12. The summed E-state index contributed by atoms with van der Waals surface area (Å²) < 4.78 is 5.43. The zero-order valence-electron chi connectivity index (χ0n) is 12.3. The average Bonchev–Trinajstić information content (AvgIpc) is 2.42. The highest BCUT2D eigenvalue weighted by Gasteiger charge is 2.45. The summed E-state index contributed by atoms with van der Waals surface area (Å²) >= 11 is 0. The molecule has 1 rings (SSSR count). The molecule has 3 heteroatoms. The topological polar surface area (TPSA) is 29.5 Å². The second kappa shape index (κ2) is 4.51. The van der Waals surface area contributed by atoms with E-state index in [1.165, 1.54) is 0 Å². The number of ether oxygens (including phenoxy) is 1. The van der Waals surface area contributed by atoms with Gasteiger partial charge < -0.3 is 9.64 Å². The Morgan fingerprint density at radius 2 is 1.94 bits per heavy atom. The van der Waals surface area contributed by atoms with Crippen LogP contribution < -0.4 is 0 Å². The molecule has 0 N–H and O–H groups in total. The van der Waals surface area contributed by atoms with E-state index in [-0.39, 0.29) is 11.5 Å². The van der Waals surface area contributed by atoms with Gasteiger partial charge in [0.2, 0.25) is 0 Å². The van der Waals surface area contributed by atoms with Crippen LogP contribution in [-0.2, 0) is 4.74 Å². The van der Waals surface area contributed by atoms with Crippen molar-refractivity contribution in [3.8, 4) is 0 Å². The standard InChI is InChI=1S/C14H27NO2/c1-10(2)14(7)9-15(8-11(14)3)12(16)17-13(4,5)6/h10-11H,8-9H2,1-7H3/t11-,14+/m1/s1. The summed E-state index contributed by atoms with van der Waals surface area (Å²) in [4.78, 5) is 13.9. The molecule has 0 saturated carbocycles. The lowest BCUT2D eigenvalue weighted by Crippen LogP contribution is -2.37. The van der Waals surface area contributed by atoms with Gasteiger partial charge in [0.25, 0.3) is 0 Å². The molecule has 3 nitrogen and oxygen atoms in total.